The highest BCUT2D eigenvalue weighted by atomic mass is 16.5. The Labute approximate surface area is 165 Å². The summed E-state index contributed by atoms with van der Waals surface area (Å²) in [5.41, 5.74) is 0.528. The maximum atomic E-state index is 12.8. The molecule has 4 rings (SSSR count). The third kappa shape index (κ3) is 3.25. The van der Waals surface area contributed by atoms with Gasteiger partial charge in [0.05, 0.1) is 32.3 Å². The lowest BCUT2D eigenvalue weighted by Gasteiger charge is -2.13. The SMILES string of the molecule is COc1cccc2cc(-c3cc(=O)oc4c(C[NH+](C)C)c(O)ccc34)c(=O)oc12. The van der Waals surface area contributed by atoms with E-state index in [1.165, 1.54) is 19.2 Å². The molecule has 7 nitrogen and oxygen atoms in total. The lowest BCUT2D eigenvalue weighted by molar-refractivity contribution is -0.872. The quantitative estimate of drug-likeness (QED) is 0.514. The van der Waals surface area contributed by atoms with E-state index in [9.17, 15) is 14.7 Å². The number of nitrogens with one attached hydrogen (secondary N) is 1. The number of benzene rings is 2. The van der Waals surface area contributed by atoms with Gasteiger partial charge in [-0.2, -0.15) is 0 Å². The summed E-state index contributed by atoms with van der Waals surface area (Å²) >= 11 is 0. The van der Waals surface area contributed by atoms with Crippen LogP contribution >= 0.6 is 0 Å². The Hall–Kier alpha value is -3.58. The van der Waals surface area contributed by atoms with Gasteiger partial charge in [0, 0.05) is 22.4 Å². The first-order valence-corrected chi connectivity index (χ1v) is 9.08. The lowest BCUT2D eigenvalue weighted by atomic mass is 9.99. The second-order valence-electron chi connectivity index (χ2n) is 7.13. The van der Waals surface area contributed by atoms with E-state index in [4.69, 9.17) is 13.6 Å². The van der Waals surface area contributed by atoms with Crippen LogP contribution in [0.1, 0.15) is 5.56 Å². The monoisotopic (exact) mass is 394 g/mol. The first-order valence-electron chi connectivity index (χ1n) is 9.08. The van der Waals surface area contributed by atoms with Gasteiger partial charge in [0.15, 0.2) is 16.9 Å². The van der Waals surface area contributed by atoms with Crippen LogP contribution in [0.5, 0.6) is 11.5 Å². The highest BCUT2D eigenvalue weighted by Gasteiger charge is 2.19. The molecule has 0 unspecified atom stereocenters. The number of rotatable bonds is 4. The Morgan fingerprint density at radius 1 is 1.00 bits per heavy atom. The summed E-state index contributed by atoms with van der Waals surface area (Å²) in [7, 11) is 5.34. The summed E-state index contributed by atoms with van der Waals surface area (Å²) < 4.78 is 16.2. The van der Waals surface area contributed by atoms with Gasteiger partial charge in [0.2, 0.25) is 0 Å². The van der Waals surface area contributed by atoms with Gasteiger partial charge in [-0.15, -0.1) is 0 Å². The Bertz CT molecular complexity index is 1350. The fraction of sp³-hybridized carbons (Fsp3) is 0.182. The fourth-order valence-corrected chi connectivity index (χ4v) is 3.49. The van der Waals surface area contributed by atoms with Crippen molar-refractivity contribution in [1.82, 2.24) is 0 Å². The number of phenolic OH excluding ortho intramolecular Hbond substituents is 1. The largest absolute Gasteiger partial charge is 0.507 e. The first kappa shape index (κ1) is 18.8. The second kappa shape index (κ2) is 7.10. The Morgan fingerprint density at radius 2 is 1.79 bits per heavy atom. The van der Waals surface area contributed by atoms with Crippen molar-refractivity contribution in [2.24, 2.45) is 0 Å². The normalized spacial score (nSPS) is 11.4. The molecule has 2 N–H and O–H groups in total. The molecule has 29 heavy (non-hydrogen) atoms. The zero-order valence-electron chi connectivity index (χ0n) is 16.2. The molecule has 0 fully saturated rings. The van der Waals surface area contributed by atoms with Crippen LogP contribution in [0.15, 0.2) is 60.9 Å². The van der Waals surface area contributed by atoms with Crippen LogP contribution in [0.2, 0.25) is 0 Å². The molecule has 0 aliphatic heterocycles. The summed E-state index contributed by atoms with van der Waals surface area (Å²) in [5.74, 6) is 0.485. The number of fused-ring (bicyclic) bond motifs is 2. The van der Waals surface area contributed by atoms with Gasteiger partial charge >= 0.3 is 11.3 Å². The fourth-order valence-electron chi connectivity index (χ4n) is 3.49. The topological polar surface area (TPSA) is 94.3 Å². The number of hydrogen-bond donors (Lipinski definition) is 2. The molecule has 148 valence electrons. The molecule has 0 aliphatic carbocycles. The minimum atomic E-state index is -0.613. The molecule has 0 aliphatic rings. The minimum Gasteiger partial charge on any atom is -0.507 e. The number of hydrogen-bond acceptors (Lipinski definition) is 6. The summed E-state index contributed by atoms with van der Waals surface area (Å²) in [4.78, 5) is 26.1. The molecule has 0 bridgehead atoms. The molecule has 0 saturated heterocycles. The number of quaternary nitrogens is 1. The number of phenols is 1. The summed E-state index contributed by atoms with van der Waals surface area (Å²) in [6, 6.07) is 11.4. The molecular formula is C22H20NO6+. The maximum absolute atomic E-state index is 12.8. The highest BCUT2D eigenvalue weighted by Crippen LogP contribution is 2.33. The van der Waals surface area contributed by atoms with E-state index >= 15 is 0 Å². The Balaban J connectivity index is 2.06. The lowest BCUT2D eigenvalue weighted by Crippen LogP contribution is -3.04. The standard InChI is InChI=1S/C22H19NO6/c1-23(2)11-16-17(24)8-7-13-14(10-19(25)28-21(13)16)15-9-12-5-4-6-18(27-3)20(12)29-22(15)26/h4-10,24H,11H2,1-3H3/p+1. The molecule has 7 heteroatoms. The van der Waals surface area contributed by atoms with Crippen LogP contribution < -0.4 is 20.9 Å². The minimum absolute atomic E-state index is 0.0364. The molecule has 2 heterocycles. The van der Waals surface area contributed by atoms with Gasteiger partial charge in [-0.1, -0.05) is 12.1 Å². The summed E-state index contributed by atoms with van der Waals surface area (Å²) in [6.45, 7) is 0.444. The van der Waals surface area contributed by atoms with Crippen molar-refractivity contribution in [3.05, 3.63) is 68.9 Å². The van der Waals surface area contributed by atoms with Gasteiger partial charge in [-0.3, -0.25) is 0 Å². The van der Waals surface area contributed by atoms with E-state index in [0.29, 0.717) is 39.8 Å². The smallest absolute Gasteiger partial charge is 0.344 e. The zero-order chi connectivity index (χ0) is 20.7. The third-order valence-corrected chi connectivity index (χ3v) is 4.76. The van der Waals surface area contributed by atoms with Crippen LogP contribution in [-0.2, 0) is 6.54 Å². The van der Waals surface area contributed by atoms with Crippen molar-refractivity contribution in [3.63, 3.8) is 0 Å². The van der Waals surface area contributed by atoms with Crippen LogP contribution in [0.3, 0.4) is 0 Å². The van der Waals surface area contributed by atoms with Crippen molar-refractivity contribution < 1.29 is 23.6 Å². The molecule has 2 aromatic carbocycles. The van der Waals surface area contributed by atoms with Gasteiger partial charge in [-0.05, 0) is 24.3 Å². The molecule has 2 aromatic heterocycles. The molecule has 0 radical (unpaired) electrons. The zero-order valence-corrected chi connectivity index (χ0v) is 16.2. The highest BCUT2D eigenvalue weighted by molar-refractivity contribution is 5.97. The molecule has 0 atom stereocenters. The van der Waals surface area contributed by atoms with Crippen molar-refractivity contribution in [2.45, 2.75) is 6.54 Å². The number of para-hydroxylation sites is 1. The van der Waals surface area contributed by atoms with E-state index < -0.39 is 11.3 Å². The van der Waals surface area contributed by atoms with Gasteiger partial charge < -0.3 is 23.6 Å². The molecular weight excluding hydrogens is 374 g/mol. The average molecular weight is 394 g/mol. The van der Waals surface area contributed by atoms with Crippen molar-refractivity contribution >= 4 is 21.9 Å². The molecule has 0 saturated carbocycles. The van der Waals surface area contributed by atoms with Crippen molar-refractivity contribution in [1.29, 1.82) is 0 Å². The van der Waals surface area contributed by atoms with Gasteiger partial charge in [0.25, 0.3) is 0 Å². The molecule has 0 amide bonds. The first-order chi connectivity index (χ1) is 13.9. The summed E-state index contributed by atoms with van der Waals surface area (Å²) in [6.07, 6.45) is 0. The van der Waals surface area contributed by atoms with Gasteiger partial charge in [-0.25, -0.2) is 9.59 Å². The van der Waals surface area contributed by atoms with Gasteiger partial charge in [0.1, 0.15) is 12.3 Å². The van der Waals surface area contributed by atoms with Crippen molar-refractivity contribution in [3.8, 4) is 22.6 Å². The van der Waals surface area contributed by atoms with E-state index in [1.807, 2.05) is 14.1 Å². The van der Waals surface area contributed by atoms with Crippen LogP contribution in [0.4, 0.5) is 0 Å². The van der Waals surface area contributed by atoms with Crippen LogP contribution in [0, 0.1) is 0 Å². The summed E-state index contributed by atoms with van der Waals surface area (Å²) in [5, 5.41) is 11.5. The van der Waals surface area contributed by atoms with E-state index in [0.717, 1.165) is 4.90 Å². The third-order valence-electron chi connectivity index (χ3n) is 4.76. The Kier molecular flexibility index (Phi) is 4.60. The van der Waals surface area contributed by atoms with Crippen LogP contribution in [0.25, 0.3) is 33.1 Å². The van der Waals surface area contributed by atoms with Crippen molar-refractivity contribution in [2.75, 3.05) is 21.2 Å². The predicted molar refractivity (Wildman–Crippen MR) is 109 cm³/mol. The Morgan fingerprint density at radius 3 is 2.52 bits per heavy atom. The second-order valence-corrected chi connectivity index (χ2v) is 7.13. The molecule has 4 aromatic rings. The number of methoxy groups -OCH3 is 1. The molecule has 0 spiro atoms. The average Bonchev–Trinajstić information content (AvgIpc) is 2.68. The van der Waals surface area contributed by atoms with E-state index in [-0.39, 0.29) is 16.9 Å². The maximum Gasteiger partial charge on any atom is 0.344 e. The number of aromatic hydroxyl groups is 1. The van der Waals surface area contributed by atoms with E-state index in [2.05, 4.69) is 0 Å². The van der Waals surface area contributed by atoms with E-state index in [1.54, 1.807) is 30.3 Å². The van der Waals surface area contributed by atoms with Crippen LogP contribution in [-0.4, -0.2) is 26.3 Å². The predicted octanol–water partition coefficient (Wildman–Crippen LogP) is 1.93. The number of ether oxygens (including phenoxy) is 1.